The number of carbonyl (C=O) groups is 2. The maximum absolute atomic E-state index is 13.5. The summed E-state index contributed by atoms with van der Waals surface area (Å²) >= 11 is 0. The number of nitrogen functional groups attached to an aromatic ring is 1. The average Bonchev–Trinajstić information content (AvgIpc) is 2.93. The second kappa shape index (κ2) is 14.1. The van der Waals surface area contributed by atoms with Gasteiger partial charge in [0.25, 0.3) is 11.8 Å². The van der Waals surface area contributed by atoms with Crippen LogP contribution in [0.4, 0.5) is 11.6 Å². The molecular formula is C25H35N7O5. The van der Waals surface area contributed by atoms with Gasteiger partial charge in [-0.15, -0.1) is 0 Å². The molecule has 0 unspecified atom stereocenters. The molecule has 1 aliphatic heterocycles. The van der Waals surface area contributed by atoms with E-state index in [0.29, 0.717) is 36.6 Å². The number of rotatable bonds is 13. The van der Waals surface area contributed by atoms with Crippen LogP contribution >= 0.6 is 0 Å². The number of nitrogens with two attached hydrogens (primary N) is 1. The highest BCUT2D eigenvalue weighted by atomic mass is 16.5. The molecule has 1 fully saturated rings. The molecule has 3 N–H and O–H groups in total. The molecule has 0 atom stereocenters. The molecule has 12 nitrogen and oxygen atoms in total. The second-order valence-electron chi connectivity index (χ2n) is 8.37. The van der Waals surface area contributed by atoms with Crippen LogP contribution < -0.4 is 20.5 Å². The summed E-state index contributed by atoms with van der Waals surface area (Å²) in [4.78, 5) is 41.5. The van der Waals surface area contributed by atoms with E-state index in [1.165, 1.54) is 24.4 Å². The van der Waals surface area contributed by atoms with E-state index >= 15 is 0 Å². The van der Waals surface area contributed by atoms with Crippen molar-refractivity contribution in [2.24, 2.45) is 4.99 Å². The topological polar surface area (TPSA) is 144 Å². The van der Waals surface area contributed by atoms with Crippen LogP contribution in [0.15, 0.2) is 29.5 Å². The molecule has 2 heterocycles. The molecule has 12 heteroatoms. The van der Waals surface area contributed by atoms with Crippen LogP contribution in [0.2, 0.25) is 0 Å². The van der Waals surface area contributed by atoms with Crippen molar-refractivity contribution in [1.82, 2.24) is 25.1 Å². The summed E-state index contributed by atoms with van der Waals surface area (Å²) in [6.07, 6.45) is 4.18. The van der Waals surface area contributed by atoms with Crippen molar-refractivity contribution in [2.45, 2.75) is 19.8 Å². The number of carbonyl (C=O) groups excluding carboxylic acids is 2. The monoisotopic (exact) mass is 513 g/mol. The number of methoxy groups -OCH3 is 1. The zero-order valence-electron chi connectivity index (χ0n) is 21.4. The zero-order chi connectivity index (χ0) is 26.6. The molecule has 0 bridgehead atoms. The highest BCUT2D eigenvalue weighted by Gasteiger charge is 2.24. The Morgan fingerprint density at radius 2 is 2.00 bits per heavy atom. The predicted molar refractivity (Wildman–Crippen MR) is 140 cm³/mol. The van der Waals surface area contributed by atoms with Crippen molar-refractivity contribution in [2.75, 3.05) is 65.5 Å². The van der Waals surface area contributed by atoms with E-state index in [9.17, 15) is 9.59 Å². The zero-order valence-corrected chi connectivity index (χ0v) is 21.4. The van der Waals surface area contributed by atoms with Gasteiger partial charge in [0.05, 0.1) is 44.7 Å². The largest absolute Gasteiger partial charge is 0.491 e. The summed E-state index contributed by atoms with van der Waals surface area (Å²) in [6.45, 7) is 10.7. The van der Waals surface area contributed by atoms with Gasteiger partial charge in [-0.05, 0) is 31.7 Å². The standard InChI is InChI=1S/C25H35N7O5/c1-4-8-32(17-30-23(33)18-15-28-25(26)29-16-18)24(34)19-6-7-20(22(35-3)21(19)27-2)37-12-5-9-31-10-13-36-14-11-31/h6-7,15-16H,2,4-5,8-14,17H2,1,3H3,(H,30,33)(H2,26,28,29). The van der Waals surface area contributed by atoms with Crippen LogP contribution in [0, 0.1) is 0 Å². The molecule has 2 amide bonds. The molecule has 2 aromatic rings. The van der Waals surface area contributed by atoms with Gasteiger partial charge in [-0.25, -0.2) is 9.97 Å². The average molecular weight is 514 g/mol. The van der Waals surface area contributed by atoms with Crippen molar-refractivity contribution in [3.05, 3.63) is 35.7 Å². The van der Waals surface area contributed by atoms with E-state index in [2.05, 4.69) is 31.9 Å². The van der Waals surface area contributed by atoms with Crippen molar-refractivity contribution < 1.29 is 23.8 Å². The molecule has 0 radical (unpaired) electrons. The first-order chi connectivity index (χ1) is 18.0. The Bertz CT molecular complexity index is 1060. The molecule has 1 saturated heterocycles. The first-order valence-electron chi connectivity index (χ1n) is 12.2. The van der Waals surface area contributed by atoms with Gasteiger partial charge < -0.3 is 30.2 Å². The Hall–Kier alpha value is -3.77. The van der Waals surface area contributed by atoms with Gasteiger partial charge in [0.15, 0.2) is 11.5 Å². The lowest BCUT2D eigenvalue weighted by Crippen LogP contribution is -2.41. The van der Waals surface area contributed by atoms with Crippen LogP contribution in [0.25, 0.3) is 0 Å². The molecule has 1 aromatic heterocycles. The third-order valence-electron chi connectivity index (χ3n) is 5.81. The summed E-state index contributed by atoms with van der Waals surface area (Å²) in [5.41, 5.74) is 6.30. The number of aromatic nitrogens is 2. The van der Waals surface area contributed by atoms with Gasteiger partial charge >= 0.3 is 0 Å². The smallest absolute Gasteiger partial charge is 0.257 e. The summed E-state index contributed by atoms with van der Waals surface area (Å²) in [5, 5.41) is 2.72. The number of aliphatic imine (C=N–C) groups is 1. The molecule has 1 aliphatic rings. The molecular weight excluding hydrogens is 478 g/mol. The van der Waals surface area contributed by atoms with E-state index in [1.807, 2.05) is 6.92 Å². The number of morpholine rings is 1. The minimum atomic E-state index is -0.422. The fourth-order valence-electron chi connectivity index (χ4n) is 3.91. The van der Waals surface area contributed by atoms with Gasteiger partial charge in [-0.1, -0.05) is 6.92 Å². The molecule has 37 heavy (non-hydrogen) atoms. The fraction of sp³-hybridized carbons (Fsp3) is 0.480. The Morgan fingerprint density at radius 3 is 2.65 bits per heavy atom. The summed E-state index contributed by atoms with van der Waals surface area (Å²) < 4.78 is 16.9. The first-order valence-corrected chi connectivity index (χ1v) is 12.2. The summed E-state index contributed by atoms with van der Waals surface area (Å²) in [6, 6.07) is 3.34. The molecule has 200 valence electrons. The molecule has 0 saturated carbocycles. The minimum absolute atomic E-state index is 0.0193. The number of hydrogen-bond acceptors (Lipinski definition) is 10. The summed E-state index contributed by atoms with van der Waals surface area (Å²) in [7, 11) is 1.50. The maximum Gasteiger partial charge on any atom is 0.257 e. The molecule has 0 spiro atoms. The number of anilines is 1. The molecule has 0 aliphatic carbocycles. The second-order valence-corrected chi connectivity index (χ2v) is 8.37. The number of nitrogens with one attached hydrogen (secondary N) is 1. The van der Waals surface area contributed by atoms with Crippen LogP contribution in [-0.2, 0) is 4.74 Å². The number of hydrogen-bond donors (Lipinski definition) is 2. The van der Waals surface area contributed by atoms with Crippen molar-refractivity contribution in [3.8, 4) is 11.5 Å². The Kier molecular flexibility index (Phi) is 10.6. The van der Waals surface area contributed by atoms with E-state index in [1.54, 1.807) is 12.1 Å². The van der Waals surface area contributed by atoms with Gasteiger partial charge in [0, 0.05) is 38.6 Å². The fourth-order valence-corrected chi connectivity index (χ4v) is 3.91. The van der Waals surface area contributed by atoms with E-state index in [-0.39, 0.29) is 29.8 Å². The lowest BCUT2D eigenvalue weighted by molar-refractivity contribution is 0.0357. The van der Waals surface area contributed by atoms with Crippen LogP contribution in [0.1, 0.15) is 40.5 Å². The lowest BCUT2D eigenvalue weighted by atomic mass is 10.1. The van der Waals surface area contributed by atoms with E-state index in [0.717, 1.165) is 39.3 Å². The SMILES string of the molecule is C=Nc1c(C(=O)N(CCC)CNC(=O)c2cnc(N)nc2)ccc(OCCCN2CCOCC2)c1OC. The predicted octanol–water partition coefficient (Wildman–Crippen LogP) is 1.74. The highest BCUT2D eigenvalue weighted by Crippen LogP contribution is 2.40. The lowest BCUT2D eigenvalue weighted by Gasteiger charge is -2.26. The third kappa shape index (κ3) is 7.61. The Morgan fingerprint density at radius 1 is 1.27 bits per heavy atom. The van der Waals surface area contributed by atoms with E-state index in [4.69, 9.17) is 19.9 Å². The maximum atomic E-state index is 13.5. The Balaban J connectivity index is 1.67. The van der Waals surface area contributed by atoms with Gasteiger partial charge in [0.2, 0.25) is 5.95 Å². The Labute approximate surface area is 216 Å². The van der Waals surface area contributed by atoms with Crippen molar-refractivity contribution in [3.63, 3.8) is 0 Å². The van der Waals surface area contributed by atoms with Crippen molar-refractivity contribution >= 4 is 30.2 Å². The first kappa shape index (κ1) is 27.8. The number of nitrogens with zero attached hydrogens (tertiary/aromatic N) is 5. The van der Waals surface area contributed by atoms with Crippen LogP contribution in [0.5, 0.6) is 11.5 Å². The number of amides is 2. The molecule has 1 aromatic carbocycles. The summed E-state index contributed by atoms with van der Waals surface area (Å²) in [5.74, 6) is 0.153. The van der Waals surface area contributed by atoms with Gasteiger partial charge in [-0.3, -0.25) is 19.5 Å². The van der Waals surface area contributed by atoms with Crippen LogP contribution in [0.3, 0.4) is 0 Å². The minimum Gasteiger partial charge on any atom is -0.491 e. The van der Waals surface area contributed by atoms with Gasteiger partial charge in [-0.2, -0.15) is 0 Å². The highest BCUT2D eigenvalue weighted by molar-refractivity contribution is 6.01. The number of benzene rings is 1. The van der Waals surface area contributed by atoms with Crippen molar-refractivity contribution in [1.29, 1.82) is 0 Å². The third-order valence-corrected chi connectivity index (χ3v) is 5.81. The number of ether oxygens (including phenoxy) is 3. The normalized spacial score (nSPS) is 13.6. The van der Waals surface area contributed by atoms with Gasteiger partial charge in [0.1, 0.15) is 5.69 Å². The molecule has 3 rings (SSSR count). The quantitative estimate of drug-likeness (QED) is 0.232. The van der Waals surface area contributed by atoms with E-state index < -0.39 is 5.91 Å². The van der Waals surface area contributed by atoms with Crippen LogP contribution in [-0.4, -0.2) is 98.1 Å².